The van der Waals surface area contributed by atoms with Crippen molar-refractivity contribution in [3.05, 3.63) is 45.1 Å². The van der Waals surface area contributed by atoms with E-state index in [0.717, 1.165) is 6.42 Å². The van der Waals surface area contributed by atoms with Crippen molar-refractivity contribution in [2.75, 3.05) is 60.1 Å². The Labute approximate surface area is 209 Å². The minimum Gasteiger partial charge on any atom is -0.463 e. The third kappa shape index (κ3) is 5.83. The first-order chi connectivity index (χ1) is 16.3. The van der Waals surface area contributed by atoms with Crippen LogP contribution >= 0.6 is 23.2 Å². The summed E-state index contributed by atoms with van der Waals surface area (Å²) in [5.41, 5.74) is 1.35. The fourth-order valence-electron chi connectivity index (χ4n) is 4.18. The number of urea groups is 1. The summed E-state index contributed by atoms with van der Waals surface area (Å²) >= 11 is 12.7. The molecule has 1 unspecified atom stereocenters. The maximum Gasteiger partial charge on any atom is 0.338 e. The molecule has 34 heavy (non-hydrogen) atoms. The van der Waals surface area contributed by atoms with E-state index in [0.29, 0.717) is 54.6 Å². The smallest absolute Gasteiger partial charge is 0.338 e. The molecule has 0 bridgehead atoms. The second-order valence-corrected chi connectivity index (χ2v) is 8.89. The Morgan fingerprint density at radius 3 is 2.65 bits per heavy atom. The van der Waals surface area contributed by atoms with Crippen LogP contribution < -0.4 is 5.32 Å². The fraction of sp³-hybridized carbons (Fsp3) is 0.522. The van der Waals surface area contributed by atoms with Crippen LogP contribution in [0.5, 0.6) is 0 Å². The van der Waals surface area contributed by atoms with E-state index in [1.165, 1.54) is 12.0 Å². The van der Waals surface area contributed by atoms with Gasteiger partial charge in [-0.15, -0.1) is 0 Å². The number of nitrogens with one attached hydrogen (secondary N) is 1. The Balaban J connectivity index is 1.96. The highest BCUT2D eigenvalue weighted by Crippen LogP contribution is 2.37. The van der Waals surface area contributed by atoms with E-state index < -0.39 is 12.0 Å². The molecular formula is C23H30Cl2N4O5. The van der Waals surface area contributed by atoms with Crippen LogP contribution in [0.1, 0.15) is 24.9 Å². The third-order valence-electron chi connectivity index (χ3n) is 5.95. The molecule has 9 nitrogen and oxygen atoms in total. The third-order valence-corrected chi connectivity index (χ3v) is 6.78. The molecule has 0 aliphatic carbocycles. The monoisotopic (exact) mass is 512 g/mol. The number of carbonyl (C=O) groups excluding carboxylic acids is 3. The molecule has 186 valence electrons. The number of benzene rings is 1. The van der Waals surface area contributed by atoms with Crippen molar-refractivity contribution in [3.8, 4) is 0 Å². The molecular weight excluding hydrogens is 483 g/mol. The van der Waals surface area contributed by atoms with Gasteiger partial charge in [0.25, 0.3) is 0 Å². The van der Waals surface area contributed by atoms with Gasteiger partial charge in [0, 0.05) is 52.6 Å². The highest BCUT2D eigenvalue weighted by atomic mass is 35.5. The molecule has 2 aliphatic heterocycles. The molecule has 0 aromatic heterocycles. The van der Waals surface area contributed by atoms with Crippen LogP contribution in [0, 0.1) is 0 Å². The van der Waals surface area contributed by atoms with Crippen molar-refractivity contribution in [1.82, 2.24) is 20.0 Å². The molecule has 1 aromatic rings. The van der Waals surface area contributed by atoms with E-state index in [-0.39, 0.29) is 30.2 Å². The first-order valence-corrected chi connectivity index (χ1v) is 11.9. The number of esters is 1. The number of methoxy groups -OCH3 is 1. The summed E-state index contributed by atoms with van der Waals surface area (Å²) in [5.74, 6) is -0.585. The van der Waals surface area contributed by atoms with Crippen LogP contribution in [0.3, 0.4) is 0 Å². The topological polar surface area (TPSA) is 91.4 Å². The normalized spacial score (nSPS) is 19.7. The van der Waals surface area contributed by atoms with Crippen LogP contribution in [-0.4, -0.2) is 92.7 Å². The van der Waals surface area contributed by atoms with Gasteiger partial charge in [0.2, 0.25) is 5.91 Å². The number of rotatable bonds is 7. The molecule has 0 saturated carbocycles. The molecule has 1 N–H and O–H groups in total. The largest absolute Gasteiger partial charge is 0.463 e. The number of halogens is 2. The summed E-state index contributed by atoms with van der Waals surface area (Å²) in [5, 5.41) is 3.45. The number of nitrogens with zero attached hydrogens (tertiary/aromatic N) is 3. The average molecular weight is 513 g/mol. The van der Waals surface area contributed by atoms with Crippen molar-refractivity contribution in [2.45, 2.75) is 19.4 Å². The minimum absolute atomic E-state index is 0.0448. The molecule has 11 heteroatoms. The van der Waals surface area contributed by atoms with Gasteiger partial charge < -0.3 is 19.7 Å². The van der Waals surface area contributed by atoms with E-state index in [9.17, 15) is 14.4 Å². The van der Waals surface area contributed by atoms with E-state index >= 15 is 0 Å². The zero-order chi connectivity index (χ0) is 24.8. The maximum absolute atomic E-state index is 13.1. The van der Waals surface area contributed by atoms with E-state index in [2.05, 4.69) is 10.2 Å². The molecule has 1 aromatic carbocycles. The van der Waals surface area contributed by atoms with E-state index in [4.69, 9.17) is 32.7 Å². The molecule has 3 rings (SSSR count). The number of hydrogen-bond donors (Lipinski definition) is 1. The quantitative estimate of drug-likeness (QED) is 0.564. The average Bonchev–Trinajstić information content (AvgIpc) is 3.04. The summed E-state index contributed by atoms with van der Waals surface area (Å²) in [4.78, 5) is 43.6. The highest BCUT2D eigenvalue weighted by molar-refractivity contribution is 6.42. The first kappa shape index (κ1) is 26.3. The lowest BCUT2D eigenvalue weighted by atomic mass is 9.94. The Hall–Kier alpha value is -2.33. The zero-order valence-corrected chi connectivity index (χ0v) is 21.1. The summed E-state index contributed by atoms with van der Waals surface area (Å²) in [6, 6.07) is 3.92. The van der Waals surface area contributed by atoms with Gasteiger partial charge in [-0.05, 0) is 25.0 Å². The lowest BCUT2D eigenvalue weighted by Gasteiger charge is -2.37. The van der Waals surface area contributed by atoms with Gasteiger partial charge in [-0.25, -0.2) is 9.59 Å². The molecule has 2 aliphatic rings. The molecule has 0 radical (unpaired) electrons. The molecule has 2 heterocycles. The molecule has 1 fully saturated rings. The van der Waals surface area contributed by atoms with Gasteiger partial charge in [-0.3, -0.25) is 14.6 Å². The molecule has 0 spiro atoms. The van der Waals surface area contributed by atoms with Crippen LogP contribution in [0.15, 0.2) is 29.5 Å². The van der Waals surface area contributed by atoms with E-state index in [1.54, 1.807) is 37.1 Å². The van der Waals surface area contributed by atoms with Crippen molar-refractivity contribution < 1.29 is 23.9 Å². The number of carbonyl (C=O) groups is 3. The van der Waals surface area contributed by atoms with Gasteiger partial charge in [-0.1, -0.05) is 35.3 Å². The Bertz CT molecular complexity index is 971. The lowest BCUT2D eigenvalue weighted by molar-refractivity contribution is -0.139. The van der Waals surface area contributed by atoms with Crippen molar-refractivity contribution >= 4 is 41.1 Å². The number of amides is 3. The highest BCUT2D eigenvalue weighted by Gasteiger charge is 2.38. The summed E-state index contributed by atoms with van der Waals surface area (Å²) in [6.07, 6.45) is 0.761. The SMILES string of the molecule is CCOC(=O)C1=C(CN2CCCN(C(=O)COC)CC2)N(C)C(=O)NC1c1cccc(Cl)c1Cl. The van der Waals surface area contributed by atoms with Crippen molar-refractivity contribution in [2.24, 2.45) is 0 Å². The van der Waals surface area contributed by atoms with Crippen LogP contribution in [-0.2, 0) is 19.1 Å². The predicted octanol–water partition coefficient (Wildman–Crippen LogP) is 2.69. The fourth-order valence-corrected chi connectivity index (χ4v) is 4.60. The maximum atomic E-state index is 13.1. The Morgan fingerprint density at radius 1 is 1.18 bits per heavy atom. The number of ether oxygens (including phenoxy) is 2. The minimum atomic E-state index is -0.810. The second kappa shape index (κ2) is 11.9. The standard InChI is InChI=1S/C23H30Cl2N4O5/c1-4-34-22(31)19-17(13-28-9-6-10-29(12-11-28)18(30)14-33-3)27(2)23(32)26-21(19)15-7-5-8-16(24)20(15)25/h5,7-8,21H,4,6,9-14H2,1-3H3,(H,26,32). The van der Waals surface area contributed by atoms with Gasteiger partial charge in [0.1, 0.15) is 6.61 Å². The number of likely N-dealkylation sites (N-methyl/N-ethyl adjacent to an activating group) is 1. The summed E-state index contributed by atoms with van der Waals surface area (Å²) in [6.45, 7) is 4.74. The van der Waals surface area contributed by atoms with Gasteiger partial charge in [-0.2, -0.15) is 0 Å². The predicted molar refractivity (Wildman–Crippen MR) is 129 cm³/mol. The lowest BCUT2D eigenvalue weighted by Crippen LogP contribution is -2.49. The number of hydrogen-bond acceptors (Lipinski definition) is 6. The van der Waals surface area contributed by atoms with Crippen LogP contribution in [0.25, 0.3) is 0 Å². The summed E-state index contributed by atoms with van der Waals surface area (Å²) in [7, 11) is 3.11. The van der Waals surface area contributed by atoms with Crippen molar-refractivity contribution in [1.29, 1.82) is 0 Å². The van der Waals surface area contributed by atoms with Crippen LogP contribution in [0.4, 0.5) is 4.79 Å². The van der Waals surface area contributed by atoms with Crippen molar-refractivity contribution in [3.63, 3.8) is 0 Å². The Morgan fingerprint density at radius 2 is 1.94 bits per heavy atom. The zero-order valence-electron chi connectivity index (χ0n) is 19.6. The molecule has 3 amide bonds. The molecule has 1 saturated heterocycles. The Kier molecular flexibility index (Phi) is 9.18. The summed E-state index contributed by atoms with van der Waals surface area (Å²) < 4.78 is 10.3. The molecule has 1 atom stereocenters. The van der Waals surface area contributed by atoms with Gasteiger partial charge >= 0.3 is 12.0 Å². The van der Waals surface area contributed by atoms with E-state index in [1.807, 2.05) is 0 Å². The first-order valence-electron chi connectivity index (χ1n) is 11.2. The van der Waals surface area contributed by atoms with Gasteiger partial charge in [0.05, 0.1) is 28.3 Å². The van der Waals surface area contributed by atoms with Gasteiger partial charge in [0.15, 0.2) is 0 Å². The second-order valence-electron chi connectivity index (χ2n) is 8.11. The van der Waals surface area contributed by atoms with Crippen LogP contribution in [0.2, 0.25) is 10.0 Å².